The maximum Gasteiger partial charge on any atom is 0.222 e. The third-order valence-corrected chi connectivity index (χ3v) is 2.82. The van der Waals surface area contributed by atoms with Gasteiger partial charge in [-0.3, -0.25) is 4.79 Å². The first-order valence-electron chi connectivity index (χ1n) is 6.57. The molecule has 1 N–H and O–H groups in total. The van der Waals surface area contributed by atoms with Crippen LogP contribution in [0.1, 0.15) is 58.3 Å². The van der Waals surface area contributed by atoms with Crippen LogP contribution in [0.4, 0.5) is 0 Å². The van der Waals surface area contributed by atoms with Crippen molar-refractivity contribution in [1.29, 1.82) is 0 Å². The topological polar surface area (TPSA) is 40.5 Å². The first-order chi connectivity index (χ1) is 7.72. The van der Waals surface area contributed by atoms with Crippen molar-refractivity contribution in [3.8, 4) is 0 Å². The molecule has 0 aliphatic rings. The molecule has 0 aromatic heterocycles. The number of hydrogen-bond donors (Lipinski definition) is 1. The van der Waals surface area contributed by atoms with Crippen LogP contribution in [0.25, 0.3) is 0 Å². The molecule has 0 aromatic rings. The van der Waals surface area contributed by atoms with Crippen LogP contribution in [0.2, 0.25) is 0 Å². The number of unbranched alkanes of at least 4 members (excludes halogenated alkanes) is 5. The van der Waals surface area contributed by atoms with Crippen LogP contribution in [0.15, 0.2) is 0 Å². The molecule has 1 amide bonds. The summed E-state index contributed by atoms with van der Waals surface area (Å²) in [4.78, 5) is 13.5. The molecule has 0 spiro atoms. The van der Waals surface area contributed by atoms with Crippen LogP contribution in [0.3, 0.4) is 0 Å². The molecule has 16 heavy (non-hydrogen) atoms. The van der Waals surface area contributed by atoms with Crippen molar-refractivity contribution >= 4 is 5.91 Å². The molecular formula is C13H27NO2. The second-order valence-electron chi connectivity index (χ2n) is 4.41. The molecule has 0 bridgehead atoms. The van der Waals surface area contributed by atoms with Crippen molar-refractivity contribution in [3.63, 3.8) is 0 Å². The number of aliphatic hydroxyl groups excluding tert-OH is 1. The molecule has 0 saturated carbocycles. The Hall–Kier alpha value is -0.570. The Morgan fingerprint density at radius 3 is 2.38 bits per heavy atom. The molecule has 96 valence electrons. The SMILES string of the molecule is CCCCCCC(=O)N(C)CCCCCO. The van der Waals surface area contributed by atoms with E-state index in [-0.39, 0.29) is 12.5 Å². The van der Waals surface area contributed by atoms with Crippen molar-refractivity contribution in [3.05, 3.63) is 0 Å². The van der Waals surface area contributed by atoms with Gasteiger partial charge in [-0.2, -0.15) is 0 Å². The van der Waals surface area contributed by atoms with E-state index in [1.807, 2.05) is 11.9 Å². The van der Waals surface area contributed by atoms with Gasteiger partial charge in [0.05, 0.1) is 0 Å². The van der Waals surface area contributed by atoms with Crippen LogP contribution < -0.4 is 0 Å². The van der Waals surface area contributed by atoms with E-state index in [4.69, 9.17) is 5.11 Å². The third kappa shape index (κ3) is 8.72. The molecule has 0 saturated heterocycles. The predicted octanol–water partition coefficient (Wildman–Crippen LogP) is 2.58. The van der Waals surface area contributed by atoms with Crippen LogP contribution in [0.5, 0.6) is 0 Å². The van der Waals surface area contributed by atoms with Gasteiger partial charge < -0.3 is 10.0 Å². The smallest absolute Gasteiger partial charge is 0.222 e. The van der Waals surface area contributed by atoms with Crippen molar-refractivity contribution in [2.75, 3.05) is 20.2 Å². The van der Waals surface area contributed by atoms with E-state index in [2.05, 4.69) is 6.92 Å². The summed E-state index contributed by atoms with van der Waals surface area (Å²) in [7, 11) is 1.88. The van der Waals surface area contributed by atoms with Crippen LogP contribution in [-0.2, 0) is 4.79 Å². The van der Waals surface area contributed by atoms with Gasteiger partial charge in [0.25, 0.3) is 0 Å². The molecule has 0 aliphatic carbocycles. The second-order valence-corrected chi connectivity index (χ2v) is 4.41. The Balaban J connectivity index is 3.42. The highest BCUT2D eigenvalue weighted by Crippen LogP contribution is 2.05. The van der Waals surface area contributed by atoms with E-state index in [0.29, 0.717) is 6.42 Å². The number of carbonyl (C=O) groups is 1. The van der Waals surface area contributed by atoms with Crippen LogP contribution in [-0.4, -0.2) is 36.1 Å². The van der Waals surface area contributed by atoms with Crippen LogP contribution in [0, 0.1) is 0 Å². The number of hydrogen-bond acceptors (Lipinski definition) is 2. The van der Waals surface area contributed by atoms with E-state index >= 15 is 0 Å². The summed E-state index contributed by atoms with van der Waals surface area (Å²) in [6, 6.07) is 0. The highest BCUT2D eigenvalue weighted by Gasteiger charge is 2.07. The lowest BCUT2D eigenvalue weighted by Crippen LogP contribution is -2.27. The largest absolute Gasteiger partial charge is 0.396 e. The van der Waals surface area contributed by atoms with Crippen molar-refractivity contribution in [2.24, 2.45) is 0 Å². The fourth-order valence-electron chi connectivity index (χ4n) is 1.66. The molecule has 0 heterocycles. The minimum atomic E-state index is 0.259. The Kier molecular flexibility index (Phi) is 10.5. The van der Waals surface area contributed by atoms with Gasteiger partial charge in [0, 0.05) is 26.6 Å². The van der Waals surface area contributed by atoms with Crippen molar-refractivity contribution in [2.45, 2.75) is 58.3 Å². The quantitative estimate of drug-likeness (QED) is 0.585. The lowest BCUT2D eigenvalue weighted by atomic mass is 10.1. The van der Waals surface area contributed by atoms with Gasteiger partial charge in [0.1, 0.15) is 0 Å². The molecule has 3 heteroatoms. The number of amides is 1. The van der Waals surface area contributed by atoms with E-state index in [1.165, 1.54) is 19.3 Å². The Bertz CT molecular complexity index is 171. The molecule has 0 atom stereocenters. The minimum Gasteiger partial charge on any atom is -0.396 e. The van der Waals surface area contributed by atoms with Gasteiger partial charge in [0.2, 0.25) is 5.91 Å². The van der Waals surface area contributed by atoms with Gasteiger partial charge in [-0.15, -0.1) is 0 Å². The number of nitrogens with zero attached hydrogens (tertiary/aromatic N) is 1. The van der Waals surface area contributed by atoms with Crippen molar-refractivity contribution < 1.29 is 9.90 Å². The summed E-state index contributed by atoms with van der Waals surface area (Å²) < 4.78 is 0. The average Bonchev–Trinajstić information content (AvgIpc) is 2.29. The zero-order valence-electron chi connectivity index (χ0n) is 10.9. The zero-order valence-corrected chi connectivity index (χ0v) is 10.9. The monoisotopic (exact) mass is 229 g/mol. The standard InChI is InChI=1S/C13H27NO2/c1-3-4-5-7-10-13(16)14(2)11-8-6-9-12-15/h15H,3-12H2,1-2H3. The van der Waals surface area contributed by atoms with E-state index in [0.717, 1.165) is 32.2 Å². The number of carbonyl (C=O) groups excluding carboxylic acids is 1. The first kappa shape index (κ1) is 15.4. The summed E-state index contributed by atoms with van der Waals surface area (Å²) >= 11 is 0. The summed E-state index contributed by atoms with van der Waals surface area (Å²) in [6.45, 7) is 3.26. The maximum atomic E-state index is 11.6. The maximum absolute atomic E-state index is 11.6. The molecule has 0 aromatic carbocycles. The van der Waals surface area contributed by atoms with Crippen LogP contribution >= 0.6 is 0 Å². The molecule has 0 rings (SSSR count). The van der Waals surface area contributed by atoms with Crippen molar-refractivity contribution in [1.82, 2.24) is 4.90 Å². The van der Waals surface area contributed by atoms with Gasteiger partial charge in [-0.1, -0.05) is 26.2 Å². The third-order valence-electron chi connectivity index (χ3n) is 2.82. The fraction of sp³-hybridized carbons (Fsp3) is 0.923. The summed E-state index contributed by atoms with van der Waals surface area (Å²) in [5.74, 6) is 0.264. The molecule has 0 aliphatic heterocycles. The zero-order chi connectivity index (χ0) is 12.2. The second kappa shape index (κ2) is 10.9. The predicted molar refractivity (Wildman–Crippen MR) is 67.3 cm³/mol. The Morgan fingerprint density at radius 1 is 1.06 bits per heavy atom. The molecule has 0 unspecified atom stereocenters. The average molecular weight is 229 g/mol. The van der Waals surface area contributed by atoms with Gasteiger partial charge >= 0.3 is 0 Å². The van der Waals surface area contributed by atoms with Gasteiger partial charge in [-0.25, -0.2) is 0 Å². The highest BCUT2D eigenvalue weighted by molar-refractivity contribution is 5.75. The number of aliphatic hydroxyl groups is 1. The Morgan fingerprint density at radius 2 is 1.75 bits per heavy atom. The summed E-state index contributed by atoms with van der Waals surface area (Å²) in [5.41, 5.74) is 0. The normalized spacial score (nSPS) is 10.4. The fourth-order valence-corrected chi connectivity index (χ4v) is 1.66. The summed E-state index contributed by atoms with van der Waals surface area (Å²) in [5, 5.41) is 8.63. The van der Waals surface area contributed by atoms with E-state index in [1.54, 1.807) is 0 Å². The highest BCUT2D eigenvalue weighted by atomic mass is 16.2. The lowest BCUT2D eigenvalue weighted by molar-refractivity contribution is -0.130. The Labute approximate surface area is 99.8 Å². The molecule has 0 fully saturated rings. The molecular weight excluding hydrogens is 202 g/mol. The molecule has 3 nitrogen and oxygen atoms in total. The molecule has 0 radical (unpaired) electrons. The number of rotatable bonds is 10. The summed E-state index contributed by atoms with van der Waals surface area (Å²) in [6.07, 6.45) is 8.17. The minimum absolute atomic E-state index is 0.259. The van der Waals surface area contributed by atoms with Gasteiger partial charge in [-0.05, 0) is 25.7 Å². The first-order valence-corrected chi connectivity index (χ1v) is 6.57. The van der Waals surface area contributed by atoms with Gasteiger partial charge in [0.15, 0.2) is 0 Å². The van der Waals surface area contributed by atoms with E-state index in [9.17, 15) is 4.79 Å². The van der Waals surface area contributed by atoms with E-state index < -0.39 is 0 Å². The lowest BCUT2D eigenvalue weighted by Gasteiger charge is -2.16.